The van der Waals surface area contributed by atoms with E-state index in [1.807, 2.05) is 24.3 Å². The first kappa shape index (κ1) is 10.1. The lowest BCUT2D eigenvalue weighted by atomic mass is 10.1. The summed E-state index contributed by atoms with van der Waals surface area (Å²) in [7, 11) is 0. The Labute approximate surface area is 95.2 Å². The molecule has 4 heteroatoms. The lowest BCUT2D eigenvalue weighted by Crippen LogP contribution is -1.92. The van der Waals surface area contributed by atoms with E-state index < -0.39 is 0 Å². The van der Waals surface area contributed by atoms with Crippen LogP contribution in [0.2, 0.25) is 0 Å². The molecule has 0 fully saturated rings. The van der Waals surface area contributed by atoms with Crippen LogP contribution in [0.5, 0.6) is 0 Å². The fourth-order valence-electron chi connectivity index (χ4n) is 1.33. The summed E-state index contributed by atoms with van der Waals surface area (Å²) in [6, 6.07) is 7.58. The van der Waals surface area contributed by atoms with Gasteiger partial charge >= 0.3 is 0 Å². The number of rotatable bonds is 2. The van der Waals surface area contributed by atoms with E-state index in [0.717, 1.165) is 10.0 Å². The van der Waals surface area contributed by atoms with Crippen LogP contribution in [-0.4, -0.2) is 10.9 Å². The topological polar surface area (TPSA) is 43.1 Å². The van der Waals surface area contributed by atoms with Gasteiger partial charge in [0.05, 0.1) is 5.56 Å². The van der Waals surface area contributed by atoms with Gasteiger partial charge < -0.3 is 4.52 Å². The van der Waals surface area contributed by atoms with Crippen molar-refractivity contribution < 1.29 is 9.32 Å². The molecule has 76 valence electrons. The fraction of sp³-hybridized carbons (Fsp3) is 0.0909. The average Bonchev–Trinajstić information content (AvgIpc) is 2.65. The van der Waals surface area contributed by atoms with Crippen LogP contribution < -0.4 is 0 Å². The van der Waals surface area contributed by atoms with Gasteiger partial charge in [0.1, 0.15) is 12.0 Å². The molecule has 1 aromatic heterocycles. The Bertz CT molecular complexity index is 505. The number of carbonyl (C=O) groups excluding carboxylic acids is 1. The summed E-state index contributed by atoms with van der Waals surface area (Å²) in [5, 5.41) is 3.83. The van der Waals surface area contributed by atoms with Gasteiger partial charge in [-0.2, -0.15) is 0 Å². The van der Waals surface area contributed by atoms with E-state index in [9.17, 15) is 4.79 Å². The molecule has 0 aliphatic carbocycles. The van der Waals surface area contributed by atoms with Gasteiger partial charge in [-0.05, 0) is 19.1 Å². The first-order chi connectivity index (χ1) is 7.18. The summed E-state index contributed by atoms with van der Waals surface area (Å²) in [5.74, 6) is -0.0498. The van der Waals surface area contributed by atoms with E-state index in [1.165, 1.54) is 13.2 Å². The normalized spacial score (nSPS) is 10.3. The van der Waals surface area contributed by atoms with Gasteiger partial charge in [0, 0.05) is 10.0 Å². The molecule has 0 unspecified atom stereocenters. The molecule has 0 bridgehead atoms. The molecule has 0 saturated heterocycles. The number of Topliss-reactive ketones (excluding diaryl/α,β-unsaturated/α-hetero) is 1. The Kier molecular flexibility index (Phi) is 2.68. The van der Waals surface area contributed by atoms with Crippen LogP contribution in [0.1, 0.15) is 17.3 Å². The van der Waals surface area contributed by atoms with Crippen molar-refractivity contribution in [2.75, 3.05) is 0 Å². The zero-order valence-electron chi connectivity index (χ0n) is 8.03. The number of halogens is 1. The lowest BCUT2D eigenvalue weighted by molar-refractivity contribution is 0.101. The van der Waals surface area contributed by atoms with Gasteiger partial charge in [0.2, 0.25) is 0 Å². The first-order valence-electron chi connectivity index (χ1n) is 4.40. The zero-order chi connectivity index (χ0) is 10.8. The highest BCUT2D eigenvalue weighted by atomic mass is 79.9. The van der Waals surface area contributed by atoms with E-state index in [1.54, 1.807) is 0 Å². The summed E-state index contributed by atoms with van der Waals surface area (Å²) in [4.78, 5) is 11.3. The van der Waals surface area contributed by atoms with E-state index in [4.69, 9.17) is 4.52 Å². The lowest BCUT2D eigenvalue weighted by Gasteiger charge is -1.98. The van der Waals surface area contributed by atoms with Crippen LogP contribution in [0.4, 0.5) is 0 Å². The molecular weight excluding hydrogens is 258 g/mol. The first-order valence-corrected chi connectivity index (χ1v) is 5.19. The van der Waals surface area contributed by atoms with Gasteiger partial charge in [-0.1, -0.05) is 33.2 Å². The van der Waals surface area contributed by atoms with Crippen molar-refractivity contribution in [3.63, 3.8) is 0 Å². The highest BCUT2D eigenvalue weighted by Crippen LogP contribution is 2.25. The second-order valence-corrected chi connectivity index (χ2v) is 4.06. The van der Waals surface area contributed by atoms with E-state index in [-0.39, 0.29) is 5.78 Å². The summed E-state index contributed by atoms with van der Waals surface area (Å²) in [5.41, 5.74) is 1.96. The van der Waals surface area contributed by atoms with E-state index >= 15 is 0 Å². The van der Waals surface area contributed by atoms with Crippen molar-refractivity contribution in [3.05, 3.63) is 40.6 Å². The second kappa shape index (κ2) is 3.98. The van der Waals surface area contributed by atoms with Gasteiger partial charge in [0.25, 0.3) is 0 Å². The van der Waals surface area contributed by atoms with Crippen LogP contribution in [-0.2, 0) is 0 Å². The highest BCUT2D eigenvalue weighted by Gasteiger charge is 2.13. The third-order valence-corrected chi connectivity index (χ3v) is 2.54. The maximum absolute atomic E-state index is 11.3. The van der Waals surface area contributed by atoms with Crippen LogP contribution in [0.3, 0.4) is 0 Å². The van der Waals surface area contributed by atoms with Crippen LogP contribution in [0, 0.1) is 0 Å². The van der Waals surface area contributed by atoms with Crippen LogP contribution in [0.15, 0.2) is 39.5 Å². The Morgan fingerprint density at radius 2 is 2.27 bits per heavy atom. The number of aromatic nitrogens is 1. The Morgan fingerprint density at radius 1 is 1.47 bits per heavy atom. The van der Waals surface area contributed by atoms with E-state index in [2.05, 4.69) is 21.1 Å². The number of nitrogens with zero attached hydrogens (tertiary/aromatic N) is 1. The molecule has 2 aromatic rings. The van der Waals surface area contributed by atoms with Crippen LogP contribution >= 0.6 is 15.9 Å². The van der Waals surface area contributed by atoms with E-state index in [0.29, 0.717) is 11.3 Å². The van der Waals surface area contributed by atoms with Gasteiger partial charge in [-0.25, -0.2) is 0 Å². The molecule has 3 nitrogen and oxygen atoms in total. The van der Waals surface area contributed by atoms with Crippen LogP contribution in [0.25, 0.3) is 11.3 Å². The largest absolute Gasteiger partial charge is 0.363 e. The molecule has 0 radical (unpaired) electrons. The third kappa shape index (κ3) is 1.99. The molecule has 2 rings (SSSR count). The second-order valence-electron chi connectivity index (χ2n) is 3.14. The quantitative estimate of drug-likeness (QED) is 0.783. The zero-order valence-corrected chi connectivity index (χ0v) is 9.61. The number of hydrogen-bond acceptors (Lipinski definition) is 3. The van der Waals surface area contributed by atoms with Crippen molar-refractivity contribution in [1.29, 1.82) is 0 Å². The molecule has 0 aliphatic heterocycles. The van der Waals surface area contributed by atoms with Crippen molar-refractivity contribution >= 4 is 21.7 Å². The minimum Gasteiger partial charge on any atom is -0.363 e. The smallest absolute Gasteiger partial charge is 0.165 e. The summed E-state index contributed by atoms with van der Waals surface area (Å²) in [6.07, 6.45) is 1.37. The molecule has 1 heterocycles. The average molecular weight is 266 g/mol. The summed E-state index contributed by atoms with van der Waals surface area (Å²) < 4.78 is 5.76. The highest BCUT2D eigenvalue weighted by molar-refractivity contribution is 9.10. The molecule has 0 N–H and O–H groups in total. The van der Waals surface area contributed by atoms with Crippen molar-refractivity contribution in [3.8, 4) is 11.3 Å². The summed E-state index contributed by atoms with van der Waals surface area (Å²) in [6.45, 7) is 1.49. The monoisotopic (exact) mass is 265 g/mol. The number of hydrogen-bond donors (Lipinski definition) is 0. The van der Waals surface area contributed by atoms with Gasteiger partial charge in [0.15, 0.2) is 5.78 Å². The SMILES string of the molecule is CC(=O)c1conc1-c1cccc(Br)c1. The van der Waals surface area contributed by atoms with Gasteiger partial charge in [-0.15, -0.1) is 0 Å². The minimum absolute atomic E-state index is 0.0498. The molecule has 0 aliphatic rings. The number of benzene rings is 1. The molecule has 15 heavy (non-hydrogen) atoms. The predicted molar refractivity (Wildman–Crippen MR) is 59.6 cm³/mol. The molecule has 0 amide bonds. The number of carbonyl (C=O) groups is 1. The fourth-order valence-corrected chi connectivity index (χ4v) is 1.73. The number of ketones is 1. The third-order valence-electron chi connectivity index (χ3n) is 2.05. The molecule has 0 spiro atoms. The maximum Gasteiger partial charge on any atom is 0.165 e. The predicted octanol–water partition coefficient (Wildman–Crippen LogP) is 3.31. The maximum atomic E-state index is 11.3. The molecular formula is C11H8BrNO2. The molecule has 0 atom stereocenters. The standard InChI is InChI=1S/C11H8BrNO2/c1-7(14)10-6-15-13-11(10)8-3-2-4-9(12)5-8/h2-6H,1H3. The Balaban J connectivity index is 2.54. The van der Waals surface area contributed by atoms with Gasteiger partial charge in [-0.3, -0.25) is 4.79 Å². The molecule has 1 aromatic carbocycles. The Hall–Kier alpha value is -1.42. The van der Waals surface area contributed by atoms with Crippen molar-refractivity contribution in [1.82, 2.24) is 5.16 Å². The minimum atomic E-state index is -0.0498. The van der Waals surface area contributed by atoms with Crippen molar-refractivity contribution in [2.45, 2.75) is 6.92 Å². The van der Waals surface area contributed by atoms with Crippen molar-refractivity contribution in [2.24, 2.45) is 0 Å². The molecule has 0 saturated carbocycles. The Morgan fingerprint density at radius 3 is 2.93 bits per heavy atom. The summed E-state index contributed by atoms with van der Waals surface area (Å²) >= 11 is 3.37.